The quantitative estimate of drug-likeness (QED) is 0.730. The summed E-state index contributed by atoms with van der Waals surface area (Å²) in [4.78, 5) is 16.1. The highest BCUT2D eigenvalue weighted by Crippen LogP contribution is 2.17. The minimum absolute atomic E-state index is 0.335. The van der Waals surface area contributed by atoms with Crippen molar-refractivity contribution < 1.29 is 9.18 Å². The number of hydrogen-bond acceptors (Lipinski definition) is 3. The first-order chi connectivity index (χ1) is 10.6. The van der Waals surface area contributed by atoms with Gasteiger partial charge >= 0.3 is 0 Å². The van der Waals surface area contributed by atoms with Crippen molar-refractivity contribution in [2.45, 2.75) is 6.92 Å². The molecule has 2 N–H and O–H groups in total. The summed E-state index contributed by atoms with van der Waals surface area (Å²) in [7, 11) is 0. The van der Waals surface area contributed by atoms with Crippen LogP contribution < -0.4 is 5.32 Å². The normalized spacial score (nSPS) is 11.2. The van der Waals surface area contributed by atoms with Crippen LogP contribution in [0.2, 0.25) is 0 Å². The number of amides is 1. The van der Waals surface area contributed by atoms with E-state index in [4.69, 9.17) is 0 Å². The van der Waals surface area contributed by atoms with Crippen molar-refractivity contribution in [1.29, 1.82) is 0 Å². The van der Waals surface area contributed by atoms with E-state index < -0.39 is 0 Å². The van der Waals surface area contributed by atoms with Gasteiger partial charge in [-0.15, -0.1) is 0 Å². The second kappa shape index (κ2) is 5.77. The molecule has 3 aromatic rings. The molecule has 110 valence electrons. The summed E-state index contributed by atoms with van der Waals surface area (Å²) >= 11 is 0. The summed E-state index contributed by atoms with van der Waals surface area (Å²) in [5.41, 5.74) is 3.19. The van der Waals surface area contributed by atoms with Crippen molar-refractivity contribution in [2.24, 2.45) is 0 Å². The van der Waals surface area contributed by atoms with E-state index >= 15 is 0 Å². The molecule has 0 atom stereocenters. The molecule has 6 heteroatoms. The molecule has 2 heterocycles. The van der Waals surface area contributed by atoms with Gasteiger partial charge < -0.3 is 5.32 Å². The Morgan fingerprint density at radius 1 is 1.36 bits per heavy atom. The average Bonchev–Trinajstić information content (AvgIpc) is 2.97. The van der Waals surface area contributed by atoms with Gasteiger partial charge in [0.25, 0.3) is 0 Å². The van der Waals surface area contributed by atoms with Gasteiger partial charge in [-0.3, -0.25) is 14.9 Å². The van der Waals surface area contributed by atoms with Crippen molar-refractivity contribution in [3.05, 3.63) is 59.7 Å². The molecule has 0 spiro atoms. The van der Waals surface area contributed by atoms with Gasteiger partial charge in [-0.25, -0.2) is 4.39 Å². The van der Waals surface area contributed by atoms with Gasteiger partial charge in [0, 0.05) is 23.5 Å². The summed E-state index contributed by atoms with van der Waals surface area (Å²) in [5.74, 6) is -0.686. The van der Waals surface area contributed by atoms with Crippen molar-refractivity contribution in [3.63, 3.8) is 0 Å². The number of aromatic nitrogens is 3. The number of rotatable bonds is 3. The van der Waals surface area contributed by atoms with Crippen LogP contribution in [0.4, 0.5) is 10.1 Å². The standard InChI is InChI=1S/C16H13FN4O/c1-10-12(17)3-2-4-13(10)20-16(22)6-5-11-7-14-15(18-8-11)9-19-21-14/h2-9H,1H3,(H,19,21)(H,20,22)/b6-5+. The molecule has 0 aliphatic carbocycles. The van der Waals surface area contributed by atoms with Crippen LogP contribution in [0.3, 0.4) is 0 Å². The number of hydrogen-bond donors (Lipinski definition) is 2. The van der Waals surface area contributed by atoms with E-state index in [9.17, 15) is 9.18 Å². The maximum atomic E-state index is 13.4. The number of nitrogens with one attached hydrogen (secondary N) is 2. The van der Waals surface area contributed by atoms with E-state index in [1.807, 2.05) is 6.07 Å². The summed E-state index contributed by atoms with van der Waals surface area (Å²) in [5, 5.41) is 9.34. The van der Waals surface area contributed by atoms with Crippen LogP contribution in [0.25, 0.3) is 17.1 Å². The summed E-state index contributed by atoms with van der Waals surface area (Å²) in [6.07, 6.45) is 6.29. The highest BCUT2D eigenvalue weighted by molar-refractivity contribution is 6.02. The fourth-order valence-electron chi connectivity index (χ4n) is 2.03. The van der Waals surface area contributed by atoms with Gasteiger partial charge in [0.05, 0.1) is 11.7 Å². The first kappa shape index (κ1) is 13.9. The molecule has 5 nitrogen and oxygen atoms in total. The molecule has 0 aliphatic heterocycles. The summed E-state index contributed by atoms with van der Waals surface area (Å²) < 4.78 is 13.4. The lowest BCUT2D eigenvalue weighted by Gasteiger charge is -2.06. The summed E-state index contributed by atoms with van der Waals surface area (Å²) in [6, 6.07) is 6.40. The maximum Gasteiger partial charge on any atom is 0.248 e. The minimum atomic E-state index is -0.351. The van der Waals surface area contributed by atoms with Gasteiger partial charge in [-0.05, 0) is 36.8 Å². The van der Waals surface area contributed by atoms with Gasteiger partial charge in [0.1, 0.15) is 11.3 Å². The van der Waals surface area contributed by atoms with Crippen LogP contribution in [-0.4, -0.2) is 21.1 Å². The van der Waals surface area contributed by atoms with Crippen molar-refractivity contribution in [3.8, 4) is 0 Å². The Balaban J connectivity index is 1.74. The molecule has 0 aliphatic rings. The SMILES string of the molecule is Cc1c(F)cccc1NC(=O)/C=C/c1cnc2cn[nH]c2c1. The zero-order chi connectivity index (χ0) is 15.5. The number of fused-ring (bicyclic) bond motifs is 1. The minimum Gasteiger partial charge on any atom is -0.322 e. The molecule has 0 bridgehead atoms. The van der Waals surface area contributed by atoms with Crippen LogP contribution in [0, 0.1) is 12.7 Å². The molecular formula is C16H13FN4O. The lowest BCUT2D eigenvalue weighted by molar-refractivity contribution is -0.111. The van der Waals surface area contributed by atoms with E-state index in [2.05, 4.69) is 20.5 Å². The van der Waals surface area contributed by atoms with E-state index in [-0.39, 0.29) is 11.7 Å². The molecule has 0 fully saturated rings. The molecule has 0 saturated heterocycles. The highest BCUT2D eigenvalue weighted by atomic mass is 19.1. The van der Waals surface area contributed by atoms with E-state index in [0.29, 0.717) is 11.3 Å². The largest absolute Gasteiger partial charge is 0.322 e. The Labute approximate surface area is 125 Å². The van der Waals surface area contributed by atoms with Crippen LogP contribution in [0.1, 0.15) is 11.1 Å². The topological polar surface area (TPSA) is 70.7 Å². The third-order valence-corrected chi connectivity index (χ3v) is 3.26. The maximum absolute atomic E-state index is 13.4. The van der Waals surface area contributed by atoms with E-state index in [0.717, 1.165) is 16.6 Å². The van der Waals surface area contributed by atoms with Gasteiger partial charge in [0.15, 0.2) is 0 Å². The molecule has 0 saturated carbocycles. The molecule has 22 heavy (non-hydrogen) atoms. The van der Waals surface area contributed by atoms with Crippen molar-refractivity contribution in [2.75, 3.05) is 5.32 Å². The number of carbonyl (C=O) groups excluding carboxylic acids is 1. The van der Waals surface area contributed by atoms with Crippen LogP contribution in [0.5, 0.6) is 0 Å². The molecule has 0 unspecified atom stereocenters. The van der Waals surface area contributed by atoms with Crippen LogP contribution >= 0.6 is 0 Å². The number of H-pyrrole nitrogens is 1. The number of pyridine rings is 1. The lowest BCUT2D eigenvalue weighted by Crippen LogP contribution is -2.09. The second-order valence-corrected chi connectivity index (χ2v) is 4.81. The molecule has 2 aromatic heterocycles. The Hall–Kier alpha value is -3.02. The number of anilines is 1. The summed E-state index contributed by atoms with van der Waals surface area (Å²) in [6.45, 7) is 1.62. The Bertz CT molecular complexity index is 869. The predicted molar refractivity (Wildman–Crippen MR) is 82.7 cm³/mol. The number of aromatic amines is 1. The van der Waals surface area contributed by atoms with Crippen LogP contribution in [-0.2, 0) is 4.79 Å². The zero-order valence-corrected chi connectivity index (χ0v) is 11.8. The molecule has 1 aromatic carbocycles. The monoisotopic (exact) mass is 296 g/mol. The second-order valence-electron chi connectivity index (χ2n) is 4.81. The first-order valence-corrected chi connectivity index (χ1v) is 6.67. The highest BCUT2D eigenvalue weighted by Gasteiger charge is 2.05. The Kier molecular flexibility index (Phi) is 3.65. The Morgan fingerprint density at radius 2 is 2.23 bits per heavy atom. The number of benzene rings is 1. The fraction of sp³-hybridized carbons (Fsp3) is 0.0625. The zero-order valence-electron chi connectivity index (χ0n) is 11.8. The number of nitrogens with zero attached hydrogens (tertiary/aromatic N) is 2. The Morgan fingerprint density at radius 3 is 3.09 bits per heavy atom. The first-order valence-electron chi connectivity index (χ1n) is 6.67. The smallest absolute Gasteiger partial charge is 0.248 e. The molecule has 0 radical (unpaired) electrons. The van der Waals surface area contributed by atoms with Crippen LogP contribution in [0.15, 0.2) is 42.7 Å². The number of carbonyl (C=O) groups is 1. The molecule has 3 rings (SSSR count). The molecule has 1 amide bonds. The number of halogens is 1. The lowest BCUT2D eigenvalue weighted by atomic mass is 10.2. The van der Waals surface area contributed by atoms with Crippen molar-refractivity contribution in [1.82, 2.24) is 15.2 Å². The van der Waals surface area contributed by atoms with Gasteiger partial charge in [-0.1, -0.05) is 6.07 Å². The fourth-order valence-corrected chi connectivity index (χ4v) is 2.03. The predicted octanol–water partition coefficient (Wildman–Crippen LogP) is 3.06. The van der Waals surface area contributed by atoms with Gasteiger partial charge in [0.2, 0.25) is 5.91 Å². The van der Waals surface area contributed by atoms with Gasteiger partial charge in [-0.2, -0.15) is 5.10 Å². The third kappa shape index (κ3) is 2.85. The third-order valence-electron chi connectivity index (χ3n) is 3.26. The van der Waals surface area contributed by atoms with Crippen molar-refractivity contribution >= 4 is 28.7 Å². The molecular weight excluding hydrogens is 283 g/mol. The van der Waals surface area contributed by atoms with E-state index in [1.54, 1.807) is 37.5 Å². The van der Waals surface area contributed by atoms with E-state index in [1.165, 1.54) is 12.1 Å². The average molecular weight is 296 g/mol.